The van der Waals surface area contributed by atoms with E-state index in [1.807, 2.05) is 31.5 Å². The molecule has 3 aliphatic rings. The molecular weight excluding hydrogens is 565 g/mol. The Kier molecular flexibility index (Phi) is 8.46. The summed E-state index contributed by atoms with van der Waals surface area (Å²) in [6, 6.07) is 6.45. The Labute approximate surface area is 247 Å². The number of ether oxygens (including phenoxy) is 1. The lowest BCUT2D eigenvalue weighted by Crippen LogP contribution is -2.25. The summed E-state index contributed by atoms with van der Waals surface area (Å²) in [6.45, 7) is 5.96. The van der Waals surface area contributed by atoms with Crippen LogP contribution in [0.4, 0.5) is 19.0 Å². The number of aromatic nitrogens is 4. The summed E-state index contributed by atoms with van der Waals surface area (Å²) in [5, 5.41) is 15.0. The lowest BCUT2D eigenvalue weighted by atomic mass is 9.98. The summed E-state index contributed by atoms with van der Waals surface area (Å²) in [5.41, 5.74) is 1.09. The van der Waals surface area contributed by atoms with Gasteiger partial charge in [0.2, 0.25) is 5.88 Å². The largest absolute Gasteiger partial charge is 0.483 e. The van der Waals surface area contributed by atoms with Gasteiger partial charge in [-0.25, -0.2) is 0 Å². The molecule has 1 amide bonds. The molecule has 6 rings (SSSR count). The number of carbonyl (C=O) groups excluding carboxylic acids is 1. The Bertz CT molecular complexity index is 1500. The van der Waals surface area contributed by atoms with Gasteiger partial charge in [0.05, 0.1) is 18.7 Å². The Morgan fingerprint density at radius 1 is 1.19 bits per heavy atom. The second-order valence-electron chi connectivity index (χ2n) is 11.6. The maximum atomic E-state index is 14.3. The molecule has 1 aromatic carbocycles. The SMILES string of the molecule is CCOc1cc(C(C)Cc2nncn2C)cc(N2Cc3c(cc(CN4CCC5(CC5)C4)cc3C(F)(F)F)C2=O)n1.O=CO. The molecule has 2 aliphatic heterocycles. The third kappa shape index (κ3) is 6.51. The monoisotopic (exact) mass is 600 g/mol. The lowest BCUT2D eigenvalue weighted by molar-refractivity contribution is -0.138. The fraction of sp³-hybridized carbons (Fsp3) is 0.500. The molecule has 3 aromatic rings. The number of nitrogens with zero attached hydrogens (tertiary/aromatic N) is 6. The van der Waals surface area contributed by atoms with Gasteiger partial charge in [-0.05, 0) is 79.0 Å². The van der Waals surface area contributed by atoms with E-state index >= 15 is 0 Å². The van der Waals surface area contributed by atoms with Crippen LogP contribution in [-0.2, 0) is 37.5 Å². The van der Waals surface area contributed by atoms with Gasteiger partial charge in [0.1, 0.15) is 18.0 Å². The van der Waals surface area contributed by atoms with Crippen molar-refractivity contribution in [2.45, 2.75) is 64.7 Å². The van der Waals surface area contributed by atoms with Crippen molar-refractivity contribution in [3.05, 3.63) is 64.2 Å². The molecule has 230 valence electrons. The summed E-state index contributed by atoms with van der Waals surface area (Å²) >= 11 is 0. The Morgan fingerprint density at radius 3 is 2.53 bits per heavy atom. The molecule has 1 N–H and O–H groups in total. The van der Waals surface area contributed by atoms with Crippen LogP contribution in [0.1, 0.15) is 77.5 Å². The summed E-state index contributed by atoms with van der Waals surface area (Å²) in [4.78, 5) is 30.1. The number of amides is 1. The van der Waals surface area contributed by atoms with Gasteiger partial charge in [0.25, 0.3) is 12.4 Å². The van der Waals surface area contributed by atoms with Crippen molar-refractivity contribution in [3.8, 4) is 5.88 Å². The zero-order chi connectivity index (χ0) is 30.9. The first-order chi connectivity index (χ1) is 20.5. The van der Waals surface area contributed by atoms with Crippen molar-refractivity contribution >= 4 is 18.2 Å². The van der Waals surface area contributed by atoms with Gasteiger partial charge in [-0.3, -0.25) is 19.4 Å². The minimum atomic E-state index is -4.57. The van der Waals surface area contributed by atoms with Gasteiger partial charge in [0, 0.05) is 38.2 Å². The van der Waals surface area contributed by atoms with Crippen molar-refractivity contribution in [3.63, 3.8) is 0 Å². The van der Waals surface area contributed by atoms with Gasteiger partial charge in [-0.15, -0.1) is 10.2 Å². The molecule has 4 heterocycles. The molecule has 1 unspecified atom stereocenters. The quantitative estimate of drug-likeness (QED) is 0.366. The highest BCUT2D eigenvalue weighted by atomic mass is 19.4. The van der Waals surface area contributed by atoms with Crippen molar-refractivity contribution in [1.29, 1.82) is 0 Å². The average Bonchev–Trinajstić information content (AvgIpc) is 3.22. The lowest BCUT2D eigenvalue weighted by Gasteiger charge is -2.20. The van der Waals surface area contributed by atoms with Crippen LogP contribution in [0.25, 0.3) is 0 Å². The van der Waals surface area contributed by atoms with Gasteiger partial charge in [-0.2, -0.15) is 18.2 Å². The second-order valence-corrected chi connectivity index (χ2v) is 11.6. The van der Waals surface area contributed by atoms with E-state index in [0.29, 0.717) is 36.4 Å². The average molecular weight is 601 g/mol. The minimum Gasteiger partial charge on any atom is -0.483 e. The molecule has 1 aliphatic carbocycles. The number of halogens is 3. The molecule has 1 spiro atoms. The van der Waals surface area contributed by atoms with Crippen LogP contribution in [0.2, 0.25) is 0 Å². The van der Waals surface area contributed by atoms with E-state index in [1.54, 1.807) is 18.5 Å². The van der Waals surface area contributed by atoms with Crippen molar-refractivity contribution in [1.82, 2.24) is 24.6 Å². The number of rotatable bonds is 8. The molecule has 1 saturated heterocycles. The smallest absolute Gasteiger partial charge is 0.416 e. The van der Waals surface area contributed by atoms with Gasteiger partial charge >= 0.3 is 6.18 Å². The second kappa shape index (κ2) is 11.9. The number of fused-ring (bicyclic) bond motifs is 1. The third-order valence-electron chi connectivity index (χ3n) is 8.53. The van der Waals surface area contributed by atoms with Crippen molar-refractivity contribution < 1.29 is 32.6 Å². The molecule has 13 heteroatoms. The summed E-state index contributed by atoms with van der Waals surface area (Å²) < 4.78 is 50.4. The number of hydrogen-bond donors (Lipinski definition) is 1. The number of pyridine rings is 1. The van der Waals surface area contributed by atoms with E-state index < -0.39 is 17.6 Å². The number of anilines is 1. The predicted octanol–water partition coefficient (Wildman–Crippen LogP) is 4.82. The zero-order valence-electron chi connectivity index (χ0n) is 24.4. The number of hydrogen-bond acceptors (Lipinski definition) is 7. The van der Waals surface area contributed by atoms with E-state index in [0.717, 1.165) is 30.9 Å². The highest BCUT2D eigenvalue weighted by Gasteiger charge is 2.47. The van der Waals surface area contributed by atoms with Crippen LogP contribution in [0.3, 0.4) is 0 Å². The van der Waals surface area contributed by atoms with Crippen LogP contribution >= 0.6 is 0 Å². The fourth-order valence-electron chi connectivity index (χ4n) is 6.04. The summed E-state index contributed by atoms with van der Waals surface area (Å²) in [5.74, 6) is 0.883. The fourth-order valence-corrected chi connectivity index (χ4v) is 6.04. The first-order valence-corrected chi connectivity index (χ1v) is 14.3. The standard InChI is InChI=1S/C29H33F3N6O2.CH2O2/c1-4-40-26-13-20(18(2)9-25-35-33-17-36(25)3)12-24(34-26)38-15-22-21(27(38)39)10-19(11-23(22)29(30,31)32)14-37-8-7-28(16-37)5-6-28;2-1-3/h10-13,17-18H,4-9,14-16H2,1-3H3;1H,(H,2,3). The number of likely N-dealkylation sites (tertiary alicyclic amines) is 1. The molecule has 43 heavy (non-hydrogen) atoms. The number of carbonyl (C=O) groups is 2. The molecule has 0 radical (unpaired) electrons. The maximum absolute atomic E-state index is 14.3. The van der Waals surface area contributed by atoms with E-state index in [2.05, 4.69) is 20.1 Å². The molecular formula is C30H35F3N6O4. The zero-order valence-corrected chi connectivity index (χ0v) is 24.4. The molecule has 2 fully saturated rings. The third-order valence-corrected chi connectivity index (χ3v) is 8.53. The molecule has 10 nitrogen and oxygen atoms in total. The highest BCUT2D eigenvalue weighted by Crippen LogP contribution is 2.53. The summed E-state index contributed by atoms with van der Waals surface area (Å²) in [7, 11) is 1.87. The summed E-state index contributed by atoms with van der Waals surface area (Å²) in [6.07, 6.45) is 1.13. The van der Waals surface area contributed by atoms with Crippen molar-refractivity contribution in [2.75, 3.05) is 24.6 Å². The number of aryl methyl sites for hydroxylation is 1. The highest BCUT2D eigenvalue weighted by molar-refractivity contribution is 6.10. The Hall–Kier alpha value is -4.00. The molecule has 1 saturated carbocycles. The van der Waals surface area contributed by atoms with Crippen LogP contribution < -0.4 is 9.64 Å². The van der Waals surface area contributed by atoms with Crippen LogP contribution in [0.5, 0.6) is 5.88 Å². The van der Waals surface area contributed by atoms with E-state index in [-0.39, 0.29) is 35.9 Å². The van der Waals surface area contributed by atoms with Crippen LogP contribution in [0, 0.1) is 5.41 Å². The molecule has 2 aromatic heterocycles. The first-order valence-electron chi connectivity index (χ1n) is 14.3. The normalized spacial score (nSPS) is 17.9. The Balaban J connectivity index is 0.00000118. The topological polar surface area (TPSA) is 114 Å². The van der Waals surface area contributed by atoms with E-state index in [9.17, 15) is 18.0 Å². The van der Waals surface area contributed by atoms with E-state index in [4.69, 9.17) is 14.6 Å². The van der Waals surface area contributed by atoms with Gasteiger partial charge in [-0.1, -0.05) is 6.92 Å². The Morgan fingerprint density at radius 2 is 1.93 bits per heavy atom. The number of alkyl halides is 3. The first kappa shape index (κ1) is 30.5. The minimum absolute atomic E-state index is 0.00127. The molecule has 1 atom stereocenters. The van der Waals surface area contributed by atoms with Crippen molar-refractivity contribution in [2.24, 2.45) is 12.5 Å². The maximum Gasteiger partial charge on any atom is 0.416 e. The number of benzene rings is 1. The van der Waals surface area contributed by atoms with Crippen LogP contribution in [-0.4, -0.2) is 61.8 Å². The van der Waals surface area contributed by atoms with Crippen LogP contribution in [0.15, 0.2) is 30.6 Å². The van der Waals surface area contributed by atoms with Gasteiger partial charge < -0.3 is 14.4 Å². The van der Waals surface area contributed by atoms with Gasteiger partial charge in [0.15, 0.2) is 0 Å². The number of carboxylic acid groups (broad SMARTS) is 1. The van der Waals surface area contributed by atoms with E-state index in [1.165, 1.54) is 23.8 Å². The molecule has 0 bridgehead atoms. The predicted molar refractivity (Wildman–Crippen MR) is 151 cm³/mol.